The molecule has 34 heavy (non-hydrogen) atoms. The molecular formula is C25H34N4O4S. The maximum Gasteiger partial charge on any atom is 0.319 e. The van der Waals surface area contributed by atoms with E-state index in [4.69, 9.17) is 0 Å². The number of benzene rings is 2. The van der Waals surface area contributed by atoms with Crippen LogP contribution >= 0.6 is 0 Å². The molecule has 184 valence electrons. The van der Waals surface area contributed by atoms with Crippen LogP contribution in [0.4, 0.5) is 10.5 Å². The van der Waals surface area contributed by atoms with Crippen LogP contribution in [-0.4, -0.2) is 50.9 Å². The summed E-state index contributed by atoms with van der Waals surface area (Å²) in [6, 6.07) is 13.2. The van der Waals surface area contributed by atoms with Crippen LogP contribution in [0.3, 0.4) is 0 Å². The highest BCUT2D eigenvalue weighted by Crippen LogP contribution is 2.20. The average Bonchev–Trinajstić information content (AvgIpc) is 2.83. The summed E-state index contributed by atoms with van der Waals surface area (Å²) in [4.78, 5) is 27.1. The van der Waals surface area contributed by atoms with E-state index in [1.807, 2.05) is 45.0 Å². The second-order valence-corrected chi connectivity index (χ2v) is 10.6. The third-order valence-electron chi connectivity index (χ3n) is 6.05. The van der Waals surface area contributed by atoms with E-state index in [-0.39, 0.29) is 28.8 Å². The van der Waals surface area contributed by atoms with Crippen LogP contribution in [-0.2, 0) is 10.0 Å². The van der Waals surface area contributed by atoms with Gasteiger partial charge in [0.2, 0.25) is 10.0 Å². The van der Waals surface area contributed by atoms with Crippen molar-refractivity contribution in [2.45, 2.75) is 51.0 Å². The largest absolute Gasteiger partial charge is 0.338 e. The van der Waals surface area contributed by atoms with Crippen molar-refractivity contribution in [1.29, 1.82) is 0 Å². The molecule has 9 heteroatoms. The van der Waals surface area contributed by atoms with Gasteiger partial charge >= 0.3 is 6.03 Å². The Balaban J connectivity index is 1.53. The molecule has 2 aromatic carbocycles. The number of carbonyl (C=O) groups is 2. The molecule has 1 aliphatic rings. The van der Waals surface area contributed by atoms with Gasteiger partial charge in [-0.25, -0.2) is 17.9 Å². The van der Waals surface area contributed by atoms with E-state index < -0.39 is 10.0 Å². The summed E-state index contributed by atoms with van der Waals surface area (Å²) in [7, 11) is -3.61. The highest BCUT2D eigenvalue weighted by Gasteiger charge is 2.25. The smallest absolute Gasteiger partial charge is 0.319 e. The Labute approximate surface area is 202 Å². The van der Waals surface area contributed by atoms with Crippen LogP contribution in [0, 0.1) is 12.8 Å². The van der Waals surface area contributed by atoms with Crippen LogP contribution in [0.2, 0.25) is 0 Å². The second kappa shape index (κ2) is 11.5. The van der Waals surface area contributed by atoms with Crippen molar-refractivity contribution in [3.05, 3.63) is 59.7 Å². The number of nitrogens with zero attached hydrogens (tertiary/aromatic N) is 1. The van der Waals surface area contributed by atoms with Crippen LogP contribution in [0.25, 0.3) is 0 Å². The molecular weight excluding hydrogens is 452 g/mol. The predicted molar refractivity (Wildman–Crippen MR) is 133 cm³/mol. The number of sulfonamides is 1. The zero-order valence-electron chi connectivity index (χ0n) is 20.0. The lowest BCUT2D eigenvalue weighted by Crippen LogP contribution is -2.44. The molecule has 2 unspecified atom stereocenters. The Bertz CT molecular complexity index is 1080. The molecule has 0 radical (unpaired) electrons. The van der Waals surface area contributed by atoms with Gasteiger partial charge in [-0.15, -0.1) is 0 Å². The lowest BCUT2D eigenvalue weighted by molar-refractivity contribution is 0.0675. The molecule has 1 saturated heterocycles. The number of piperidine rings is 1. The van der Waals surface area contributed by atoms with Crippen LogP contribution < -0.4 is 15.4 Å². The van der Waals surface area contributed by atoms with E-state index in [0.29, 0.717) is 31.6 Å². The first kappa shape index (κ1) is 25.7. The highest BCUT2D eigenvalue weighted by molar-refractivity contribution is 7.89. The molecule has 1 heterocycles. The van der Waals surface area contributed by atoms with Gasteiger partial charge in [-0.1, -0.05) is 24.6 Å². The maximum atomic E-state index is 13.0. The molecule has 0 bridgehead atoms. The van der Waals surface area contributed by atoms with Gasteiger partial charge in [-0.05, 0) is 75.4 Å². The number of hydrogen-bond donors (Lipinski definition) is 3. The number of likely N-dealkylation sites (tertiary alicyclic amines) is 1. The van der Waals surface area contributed by atoms with Gasteiger partial charge in [0.05, 0.1) is 4.90 Å². The third-order valence-corrected chi connectivity index (χ3v) is 7.65. The first-order chi connectivity index (χ1) is 16.2. The van der Waals surface area contributed by atoms with E-state index in [2.05, 4.69) is 15.4 Å². The fraction of sp³-hybridized carbons (Fsp3) is 0.440. The average molecular weight is 487 g/mol. The molecule has 3 rings (SSSR count). The lowest BCUT2D eigenvalue weighted by atomic mass is 9.97. The molecule has 2 aromatic rings. The Kier molecular flexibility index (Phi) is 8.68. The van der Waals surface area contributed by atoms with E-state index in [0.717, 1.165) is 24.1 Å². The third kappa shape index (κ3) is 7.04. The van der Waals surface area contributed by atoms with Gasteiger partial charge < -0.3 is 15.5 Å². The van der Waals surface area contributed by atoms with Gasteiger partial charge in [-0.3, -0.25) is 4.79 Å². The molecule has 8 nitrogen and oxygen atoms in total. The highest BCUT2D eigenvalue weighted by atomic mass is 32.2. The standard InChI is InChI=1S/C25H34N4O4S/c1-4-19(3)28-34(32,33)23-13-9-21(10-14-23)24(30)29-15-5-6-20(17-29)16-26-25(31)27-22-11-7-18(2)8-12-22/h7-14,19-20,28H,4-6,15-17H2,1-3H3,(H2,26,27,31). The van der Waals surface area contributed by atoms with Gasteiger partial charge in [0, 0.05) is 36.9 Å². The normalized spacial score (nSPS) is 17.1. The molecule has 0 spiro atoms. The van der Waals surface area contributed by atoms with E-state index >= 15 is 0 Å². The van der Waals surface area contributed by atoms with Crippen molar-refractivity contribution < 1.29 is 18.0 Å². The van der Waals surface area contributed by atoms with Crippen LogP contribution in [0.1, 0.15) is 49.0 Å². The summed E-state index contributed by atoms with van der Waals surface area (Å²) in [5, 5.41) is 5.71. The molecule has 3 amide bonds. The fourth-order valence-electron chi connectivity index (χ4n) is 3.84. The number of carbonyl (C=O) groups excluding carboxylic acids is 2. The molecule has 2 atom stereocenters. The van der Waals surface area contributed by atoms with E-state index in [1.165, 1.54) is 12.1 Å². The monoisotopic (exact) mass is 486 g/mol. The predicted octanol–water partition coefficient (Wildman–Crippen LogP) is 3.75. The minimum Gasteiger partial charge on any atom is -0.338 e. The number of rotatable bonds is 8. The van der Waals surface area contributed by atoms with Gasteiger partial charge in [0.25, 0.3) is 5.91 Å². The number of anilines is 1. The molecule has 3 N–H and O–H groups in total. The van der Waals surface area contributed by atoms with Gasteiger partial charge in [0.1, 0.15) is 0 Å². The molecule has 0 saturated carbocycles. The lowest BCUT2D eigenvalue weighted by Gasteiger charge is -2.33. The molecule has 0 aliphatic carbocycles. The van der Waals surface area contributed by atoms with Crippen molar-refractivity contribution in [1.82, 2.24) is 14.9 Å². The first-order valence-corrected chi connectivity index (χ1v) is 13.2. The number of nitrogens with one attached hydrogen (secondary N) is 3. The van der Waals surface area contributed by atoms with Crippen molar-refractivity contribution in [3.8, 4) is 0 Å². The minimum absolute atomic E-state index is 0.132. The molecule has 1 aliphatic heterocycles. The maximum absolute atomic E-state index is 13.0. The zero-order valence-corrected chi connectivity index (χ0v) is 20.8. The van der Waals surface area contributed by atoms with E-state index in [1.54, 1.807) is 17.0 Å². The number of aryl methyl sites for hydroxylation is 1. The Morgan fingerprint density at radius 3 is 2.41 bits per heavy atom. The fourth-order valence-corrected chi connectivity index (χ4v) is 5.17. The molecule has 1 fully saturated rings. The number of amides is 3. The van der Waals surface area contributed by atoms with Crippen molar-refractivity contribution >= 4 is 27.6 Å². The van der Waals surface area contributed by atoms with Gasteiger partial charge in [-0.2, -0.15) is 0 Å². The summed E-state index contributed by atoms with van der Waals surface area (Å²) in [6.07, 6.45) is 2.46. The van der Waals surface area contributed by atoms with Crippen LogP contribution in [0.5, 0.6) is 0 Å². The summed E-state index contributed by atoms with van der Waals surface area (Å²) in [6.45, 7) is 7.36. The summed E-state index contributed by atoms with van der Waals surface area (Å²) in [5.41, 5.74) is 2.30. The van der Waals surface area contributed by atoms with Crippen molar-refractivity contribution in [2.75, 3.05) is 25.0 Å². The Morgan fingerprint density at radius 1 is 1.09 bits per heavy atom. The zero-order chi connectivity index (χ0) is 24.7. The summed E-state index contributed by atoms with van der Waals surface area (Å²) < 4.78 is 27.5. The second-order valence-electron chi connectivity index (χ2n) is 8.92. The number of urea groups is 1. The SMILES string of the molecule is CCC(C)NS(=O)(=O)c1ccc(C(=O)N2CCCC(CNC(=O)Nc3ccc(C)cc3)C2)cc1. The van der Waals surface area contributed by atoms with Gasteiger partial charge in [0.15, 0.2) is 0 Å². The van der Waals surface area contributed by atoms with E-state index in [9.17, 15) is 18.0 Å². The minimum atomic E-state index is -3.61. The van der Waals surface area contributed by atoms with Crippen LogP contribution in [0.15, 0.2) is 53.4 Å². The quantitative estimate of drug-likeness (QED) is 0.528. The first-order valence-electron chi connectivity index (χ1n) is 11.7. The van der Waals surface area contributed by atoms with Crippen molar-refractivity contribution in [2.24, 2.45) is 5.92 Å². The molecule has 0 aromatic heterocycles. The topological polar surface area (TPSA) is 108 Å². The Hall–Kier alpha value is -2.91. The van der Waals surface area contributed by atoms with Crippen molar-refractivity contribution in [3.63, 3.8) is 0 Å². The summed E-state index contributed by atoms with van der Waals surface area (Å²) in [5.74, 6) is 0.0218. The summed E-state index contributed by atoms with van der Waals surface area (Å²) >= 11 is 0. The number of hydrogen-bond acceptors (Lipinski definition) is 4. The Morgan fingerprint density at radius 2 is 1.76 bits per heavy atom.